The van der Waals surface area contributed by atoms with Gasteiger partial charge in [0, 0.05) is 0 Å². The molecule has 0 aromatic heterocycles. The van der Waals surface area contributed by atoms with Crippen LogP contribution in [0.25, 0.3) is 0 Å². The monoisotopic (exact) mass is 295 g/mol. The van der Waals surface area contributed by atoms with Gasteiger partial charge in [-0.1, -0.05) is 42.0 Å². The van der Waals surface area contributed by atoms with E-state index in [1.54, 1.807) is 18.2 Å². The van der Waals surface area contributed by atoms with Crippen molar-refractivity contribution in [2.45, 2.75) is 6.61 Å². The third-order valence-electron chi connectivity index (χ3n) is 2.53. The van der Waals surface area contributed by atoms with Gasteiger partial charge in [-0.2, -0.15) is 0 Å². The lowest BCUT2D eigenvalue weighted by Gasteiger charge is -2.10. The van der Waals surface area contributed by atoms with Crippen LogP contribution in [-0.4, -0.2) is 4.99 Å². The normalized spacial score (nSPS) is 10.2. The smallest absolute Gasteiger partial charge is 0.142 e. The summed E-state index contributed by atoms with van der Waals surface area (Å²) in [5.41, 5.74) is 6.94. The molecule has 2 nitrogen and oxygen atoms in total. The van der Waals surface area contributed by atoms with Crippen LogP contribution in [0.3, 0.4) is 0 Å². The Hall–Kier alpha value is -1.65. The lowest BCUT2D eigenvalue weighted by atomic mass is 10.2. The van der Waals surface area contributed by atoms with Gasteiger partial charge in [0.1, 0.15) is 23.2 Å². The Morgan fingerprint density at radius 3 is 2.68 bits per heavy atom. The highest BCUT2D eigenvalue weighted by molar-refractivity contribution is 7.80. The standard InChI is InChI=1S/C14H11ClFNOS/c15-11-6-5-9(7-12(11)16)8-18-13-4-2-1-3-10(13)14(17)19/h1-7H,8H2,(H2,17,19). The second-order valence-electron chi connectivity index (χ2n) is 3.90. The Morgan fingerprint density at radius 1 is 1.26 bits per heavy atom. The number of rotatable bonds is 4. The highest BCUT2D eigenvalue weighted by atomic mass is 35.5. The second-order valence-corrected chi connectivity index (χ2v) is 4.74. The van der Waals surface area contributed by atoms with Crippen molar-refractivity contribution in [3.8, 4) is 5.75 Å². The Bertz CT molecular complexity index is 618. The zero-order chi connectivity index (χ0) is 13.8. The van der Waals surface area contributed by atoms with Gasteiger partial charge in [0.15, 0.2) is 0 Å². The summed E-state index contributed by atoms with van der Waals surface area (Å²) >= 11 is 10.6. The first-order valence-corrected chi connectivity index (χ1v) is 6.32. The SMILES string of the molecule is NC(=S)c1ccccc1OCc1ccc(Cl)c(F)c1. The van der Waals surface area contributed by atoms with E-state index in [9.17, 15) is 4.39 Å². The predicted molar refractivity (Wildman–Crippen MR) is 78.1 cm³/mol. The minimum Gasteiger partial charge on any atom is -0.488 e. The van der Waals surface area contributed by atoms with Crippen molar-refractivity contribution < 1.29 is 9.13 Å². The van der Waals surface area contributed by atoms with Crippen LogP contribution in [0, 0.1) is 5.82 Å². The molecule has 0 amide bonds. The van der Waals surface area contributed by atoms with Gasteiger partial charge in [0.2, 0.25) is 0 Å². The molecule has 0 atom stereocenters. The van der Waals surface area contributed by atoms with Gasteiger partial charge < -0.3 is 10.5 Å². The molecule has 0 saturated carbocycles. The van der Waals surface area contributed by atoms with E-state index in [2.05, 4.69) is 0 Å². The van der Waals surface area contributed by atoms with Gasteiger partial charge in [0.25, 0.3) is 0 Å². The van der Waals surface area contributed by atoms with Crippen LogP contribution >= 0.6 is 23.8 Å². The number of nitrogens with two attached hydrogens (primary N) is 1. The average Bonchev–Trinajstić information content (AvgIpc) is 2.40. The molecule has 2 N–H and O–H groups in total. The van der Waals surface area contributed by atoms with Crippen molar-refractivity contribution >= 4 is 28.8 Å². The zero-order valence-electron chi connectivity index (χ0n) is 9.90. The minimum atomic E-state index is -0.467. The highest BCUT2D eigenvalue weighted by Gasteiger charge is 2.06. The van der Waals surface area contributed by atoms with Crippen LogP contribution in [0.2, 0.25) is 5.02 Å². The molecule has 5 heteroatoms. The summed E-state index contributed by atoms with van der Waals surface area (Å²) in [7, 11) is 0. The summed E-state index contributed by atoms with van der Waals surface area (Å²) in [4.78, 5) is 0.262. The van der Waals surface area contributed by atoms with E-state index in [1.807, 2.05) is 12.1 Å². The molecule has 0 spiro atoms. The summed E-state index contributed by atoms with van der Waals surface area (Å²) in [5.74, 6) is 0.107. The molecule has 0 heterocycles. The predicted octanol–water partition coefficient (Wildman–Crippen LogP) is 3.69. The number of ether oxygens (including phenoxy) is 1. The van der Waals surface area contributed by atoms with Gasteiger partial charge >= 0.3 is 0 Å². The summed E-state index contributed by atoms with van der Waals surface area (Å²) < 4.78 is 18.9. The molecule has 0 bridgehead atoms. The second kappa shape index (κ2) is 5.99. The molecule has 0 aliphatic rings. The molecule has 19 heavy (non-hydrogen) atoms. The maximum atomic E-state index is 13.3. The van der Waals surface area contributed by atoms with Crippen LogP contribution < -0.4 is 10.5 Å². The van der Waals surface area contributed by atoms with Crippen molar-refractivity contribution in [2.24, 2.45) is 5.73 Å². The maximum Gasteiger partial charge on any atom is 0.142 e. The quantitative estimate of drug-likeness (QED) is 0.874. The molecular weight excluding hydrogens is 285 g/mol. The molecule has 0 unspecified atom stereocenters. The number of halogens is 2. The van der Waals surface area contributed by atoms with E-state index < -0.39 is 5.82 Å². The summed E-state index contributed by atoms with van der Waals surface area (Å²) in [6, 6.07) is 11.7. The molecule has 98 valence electrons. The van der Waals surface area contributed by atoms with E-state index in [0.29, 0.717) is 16.9 Å². The Morgan fingerprint density at radius 2 is 2.00 bits per heavy atom. The largest absolute Gasteiger partial charge is 0.488 e. The fourth-order valence-electron chi connectivity index (χ4n) is 1.59. The van der Waals surface area contributed by atoms with Crippen molar-refractivity contribution in [2.75, 3.05) is 0 Å². The van der Waals surface area contributed by atoms with Crippen molar-refractivity contribution in [3.05, 3.63) is 64.4 Å². The van der Waals surface area contributed by atoms with Gasteiger partial charge in [0.05, 0.1) is 10.6 Å². The van der Waals surface area contributed by atoms with E-state index in [0.717, 1.165) is 0 Å². The highest BCUT2D eigenvalue weighted by Crippen LogP contribution is 2.21. The zero-order valence-corrected chi connectivity index (χ0v) is 11.5. The lowest BCUT2D eigenvalue weighted by molar-refractivity contribution is 0.305. The Kier molecular flexibility index (Phi) is 4.35. The van der Waals surface area contributed by atoms with Crippen LogP contribution in [0.5, 0.6) is 5.75 Å². The number of para-hydroxylation sites is 1. The first-order valence-electron chi connectivity index (χ1n) is 5.53. The molecular formula is C14H11ClFNOS. The third-order valence-corrected chi connectivity index (χ3v) is 3.06. The van der Waals surface area contributed by atoms with Gasteiger partial charge in [-0.15, -0.1) is 0 Å². The minimum absolute atomic E-state index is 0.0901. The molecule has 2 rings (SSSR count). The van der Waals surface area contributed by atoms with Gasteiger partial charge in [-0.05, 0) is 29.8 Å². The topological polar surface area (TPSA) is 35.2 Å². The molecule has 0 saturated heterocycles. The number of benzene rings is 2. The summed E-state index contributed by atoms with van der Waals surface area (Å²) in [6.45, 7) is 0.216. The van der Waals surface area contributed by atoms with Crippen LogP contribution in [0.15, 0.2) is 42.5 Å². The Labute approximate surface area is 120 Å². The maximum absolute atomic E-state index is 13.3. The summed E-state index contributed by atoms with van der Waals surface area (Å²) in [6.07, 6.45) is 0. The third kappa shape index (κ3) is 3.43. The van der Waals surface area contributed by atoms with Crippen molar-refractivity contribution in [1.82, 2.24) is 0 Å². The first kappa shape index (κ1) is 13.8. The van der Waals surface area contributed by atoms with Gasteiger partial charge in [-0.25, -0.2) is 4.39 Å². The summed E-state index contributed by atoms with van der Waals surface area (Å²) in [5, 5.41) is 0.0901. The molecule has 2 aromatic rings. The van der Waals surface area contributed by atoms with E-state index in [-0.39, 0.29) is 16.6 Å². The molecule has 0 radical (unpaired) electrons. The first-order chi connectivity index (χ1) is 9.08. The molecule has 0 aliphatic carbocycles. The fraction of sp³-hybridized carbons (Fsp3) is 0.0714. The average molecular weight is 296 g/mol. The van der Waals surface area contributed by atoms with Crippen LogP contribution in [0.1, 0.15) is 11.1 Å². The van der Waals surface area contributed by atoms with E-state index >= 15 is 0 Å². The lowest BCUT2D eigenvalue weighted by Crippen LogP contribution is -2.11. The fourth-order valence-corrected chi connectivity index (χ4v) is 1.87. The van der Waals surface area contributed by atoms with E-state index in [4.69, 9.17) is 34.3 Å². The number of thiocarbonyl (C=S) groups is 1. The number of hydrogen-bond donors (Lipinski definition) is 1. The van der Waals surface area contributed by atoms with Crippen molar-refractivity contribution in [1.29, 1.82) is 0 Å². The molecule has 0 aliphatic heterocycles. The van der Waals surface area contributed by atoms with Crippen LogP contribution in [-0.2, 0) is 6.61 Å². The Balaban J connectivity index is 2.14. The molecule has 0 fully saturated rings. The van der Waals surface area contributed by atoms with Crippen molar-refractivity contribution in [3.63, 3.8) is 0 Å². The van der Waals surface area contributed by atoms with Gasteiger partial charge in [-0.3, -0.25) is 0 Å². The molecule has 2 aromatic carbocycles. The number of hydrogen-bond acceptors (Lipinski definition) is 2. The van der Waals surface area contributed by atoms with E-state index in [1.165, 1.54) is 12.1 Å². The van der Waals surface area contributed by atoms with Crippen LogP contribution in [0.4, 0.5) is 4.39 Å².